The quantitative estimate of drug-likeness (QED) is 0.161. The van der Waals surface area contributed by atoms with Crippen molar-refractivity contribution in [3.63, 3.8) is 0 Å². The minimum atomic E-state index is -0.196. The molecule has 9 aromatic rings. The molecule has 0 radical (unpaired) electrons. The van der Waals surface area contributed by atoms with E-state index in [9.17, 15) is 0 Å². The Kier molecular flexibility index (Phi) is 8.35. The second-order valence-electron chi connectivity index (χ2n) is 19.7. The molecule has 0 aromatic heterocycles. The summed E-state index contributed by atoms with van der Waals surface area (Å²) in [6.07, 6.45) is 0. The Labute approximate surface area is 378 Å². The fourth-order valence-corrected chi connectivity index (χ4v) is 11.6. The molecule has 0 atom stereocenters. The summed E-state index contributed by atoms with van der Waals surface area (Å²) < 4.78 is 0. The van der Waals surface area contributed by atoms with Crippen LogP contribution in [0, 0.1) is 0 Å². The highest BCUT2D eigenvalue weighted by Gasteiger charge is 2.45. The molecule has 3 aliphatic carbocycles. The van der Waals surface area contributed by atoms with Crippen molar-refractivity contribution in [3.05, 3.63) is 234 Å². The molecule has 0 aliphatic heterocycles. The number of anilines is 3. The van der Waals surface area contributed by atoms with Crippen LogP contribution in [-0.2, 0) is 16.2 Å². The van der Waals surface area contributed by atoms with Gasteiger partial charge in [-0.15, -0.1) is 0 Å². The first kappa shape index (κ1) is 38.5. The third kappa shape index (κ3) is 5.56. The molecule has 1 nitrogen and oxygen atoms in total. The summed E-state index contributed by atoms with van der Waals surface area (Å²) in [5.74, 6) is 0. The first-order chi connectivity index (χ1) is 31.0. The standard InChI is InChI=1S/C63H51N/c1-61(2)52-23-15-13-21-48(52)49-35-33-47(38-55(49)61)64(45-31-29-43(30-32-45)42-27-25-41(26-28-42)40-17-9-7-10-18-40)46-34-36-54-51(37-46)60-57(63(54,5)6)39-56-59(58(60)44-19-11-8-12-20-44)50-22-14-16-24-53(50)62(56,3)4/h7-39H,1-6H3. The average Bonchev–Trinajstić information content (AvgIpc) is 3.81. The second-order valence-corrected chi connectivity index (χ2v) is 19.7. The van der Waals surface area contributed by atoms with E-state index in [1.165, 1.54) is 100 Å². The molecular weight excluding hydrogens is 771 g/mol. The van der Waals surface area contributed by atoms with Crippen molar-refractivity contribution in [1.82, 2.24) is 0 Å². The van der Waals surface area contributed by atoms with Crippen molar-refractivity contribution in [1.29, 1.82) is 0 Å². The molecule has 308 valence electrons. The number of hydrogen-bond acceptors (Lipinski definition) is 1. The molecule has 0 saturated carbocycles. The largest absolute Gasteiger partial charge is 0.310 e. The molecule has 0 amide bonds. The molecule has 0 unspecified atom stereocenters. The van der Waals surface area contributed by atoms with Crippen LogP contribution in [0.1, 0.15) is 74.9 Å². The van der Waals surface area contributed by atoms with Gasteiger partial charge < -0.3 is 4.90 Å². The lowest BCUT2D eigenvalue weighted by molar-refractivity contribution is 0.639. The van der Waals surface area contributed by atoms with Crippen LogP contribution in [0.2, 0.25) is 0 Å². The first-order valence-corrected chi connectivity index (χ1v) is 22.8. The molecule has 0 N–H and O–H groups in total. The Morgan fingerprint density at radius 1 is 0.250 bits per heavy atom. The van der Waals surface area contributed by atoms with E-state index in [1.54, 1.807) is 0 Å². The van der Waals surface area contributed by atoms with Gasteiger partial charge in [0.15, 0.2) is 0 Å². The van der Waals surface area contributed by atoms with Gasteiger partial charge in [0.2, 0.25) is 0 Å². The van der Waals surface area contributed by atoms with E-state index in [0.717, 1.165) is 17.1 Å². The summed E-state index contributed by atoms with van der Waals surface area (Å²) >= 11 is 0. The van der Waals surface area contributed by atoms with Gasteiger partial charge in [0.25, 0.3) is 0 Å². The van der Waals surface area contributed by atoms with Crippen molar-refractivity contribution in [3.8, 4) is 66.8 Å². The monoisotopic (exact) mass is 821 g/mol. The topological polar surface area (TPSA) is 3.24 Å². The number of benzene rings is 9. The van der Waals surface area contributed by atoms with Crippen LogP contribution < -0.4 is 4.90 Å². The summed E-state index contributed by atoms with van der Waals surface area (Å²) in [4.78, 5) is 2.49. The predicted molar refractivity (Wildman–Crippen MR) is 270 cm³/mol. The minimum absolute atomic E-state index is 0.117. The molecule has 12 rings (SSSR count). The highest BCUT2D eigenvalue weighted by atomic mass is 15.1. The molecule has 9 aromatic carbocycles. The van der Waals surface area contributed by atoms with Crippen molar-refractivity contribution < 1.29 is 0 Å². The molecular formula is C63H51N. The number of fused-ring (bicyclic) bond motifs is 9. The van der Waals surface area contributed by atoms with Crippen LogP contribution in [0.25, 0.3) is 66.8 Å². The Morgan fingerprint density at radius 2 is 0.656 bits per heavy atom. The number of hydrogen-bond donors (Lipinski definition) is 0. The molecule has 0 fully saturated rings. The molecule has 0 heterocycles. The normalized spacial score (nSPS) is 15.1. The zero-order valence-electron chi connectivity index (χ0n) is 37.5. The molecule has 0 spiro atoms. The van der Waals surface area contributed by atoms with Gasteiger partial charge in [-0.2, -0.15) is 0 Å². The van der Waals surface area contributed by atoms with Crippen LogP contribution in [-0.4, -0.2) is 0 Å². The summed E-state index contributed by atoms with van der Waals surface area (Å²) in [5, 5.41) is 0. The average molecular weight is 822 g/mol. The van der Waals surface area contributed by atoms with E-state index in [4.69, 9.17) is 0 Å². The maximum atomic E-state index is 2.57. The Bertz CT molecular complexity index is 3310. The molecule has 64 heavy (non-hydrogen) atoms. The lowest BCUT2D eigenvalue weighted by Crippen LogP contribution is -2.19. The van der Waals surface area contributed by atoms with Crippen molar-refractivity contribution >= 4 is 17.1 Å². The molecule has 0 bridgehead atoms. The van der Waals surface area contributed by atoms with Gasteiger partial charge in [-0.25, -0.2) is 0 Å². The van der Waals surface area contributed by atoms with Crippen LogP contribution in [0.15, 0.2) is 200 Å². The van der Waals surface area contributed by atoms with Gasteiger partial charge in [0, 0.05) is 33.3 Å². The van der Waals surface area contributed by atoms with E-state index in [1.807, 2.05) is 0 Å². The maximum absolute atomic E-state index is 2.57. The van der Waals surface area contributed by atoms with E-state index >= 15 is 0 Å². The molecule has 1 heteroatoms. The number of rotatable bonds is 6. The van der Waals surface area contributed by atoms with E-state index in [0.29, 0.717) is 0 Å². The lowest BCUT2D eigenvalue weighted by atomic mass is 9.76. The Hall–Kier alpha value is -7.22. The van der Waals surface area contributed by atoms with Gasteiger partial charge in [-0.1, -0.05) is 205 Å². The van der Waals surface area contributed by atoms with Gasteiger partial charge in [0.1, 0.15) is 0 Å². The van der Waals surface area contributed by atoms with Crippen LogP contribution in [0.5, 0.6) is 0 Å². The Balaban J connectivity index is 1.05. The van der Waals surface area contributed by atoms with Crippen LogP contribution >= 0.6 is 0 Å². The summed E-state index contributed by atoms with van der Waals surface area (Å²) in [6.45, 7) is 14.4. The SMILES string of the molecule is CC1(C)c2ccccc2-c2ccc(N(c3ccc(-c4ccc(-c5ccccc5)cc4)cc3)c3ccc4c(c3)-c3c(cc5c(c3-c3ccccc3)-c3ccccc3C5(C)C)C4(C)C)cc21. The molecule has 0 saturated heterocycles. The highest BCUT2D eigenvalue weighted by Crippen LogP contribution is 2.61. The zero-order valence-corrected chi connectivity index (χ0v) is 37.5. The van der Waals surface area contributed by atoms with Crippen molar-refractivity contribution in [2.45, 2.75) is 57.8 Å². The third-order valence-corrected chi connectivity index (χ3v) is 15.1. The van der Waals surface area contributed by atoms with E-state index in [2.05, 4.69) is 247 Å². The third-order valence-electron chi connectivity index (χ3n) is 15.1. The first-order valence-electron chi connectivity index (χ1n) is 22.8. The lowest BCUT2D eigenvalue weighted by Gasteiger charge is -2.29. The van der Waals surface area contributed by atoms with E-state index < -0.39 is 0 Å². The highest BCUT2D eigenvalue weighted by molar-refractivity contribution is 6.05. The summed E-state index contributed by atoms with van der Waals surface area (Å²) in [5.41, 5.74) is 26.9. The zero-order chi connectivity index (χ0) is 43.5. The van der Waals surface area contributed by atoms with Crippen molar-refractivity contribution in [2.24, 2.45) is 0 Å². The second kappa shape index (κ2) is 13.9. The summed E-state index contributed by atoms with van der Waals surface area (Å²) in [6, 6.07) is 74.9. The number of nitrogens with zero attached hydrogens (tertiary/aromatic N) is 1. The summed E-state index contributed by atoms with van der Waals surface area (Å²) in [7, 11) is 0. The van der Waals surface area contributed by atoms with Gasteiger partial charge in [-0.3, -0.25) is 0 Å². The maximum Gasteiger partial charge on any atom is 0.0468 e. The molecule has 3 aliphatic rings. The van der Waals surface area contributed by atoms with Gasteiger partial charge >= 0.3 is 0 Å². The Morgan fingerprint density at radius 3 is 1.28 bits per heavy atom. The van der Waals surface area contributed by atoms with Gasteiger partial charge in [0.05, 0.1) is 0 Å². The fourth-order valence-electron chi connectivity index (χ4n) is 11.6. The van der Waals surface area contributed by atoms with Crippen LogP contribution in [0.3, 0.4) is 0 Å². The van der Waals surface area contributed by atoms with Crippen LogP contribution in [0.4, 0.5) is 17.1 Å². The smallest absolute Gasteiger partial charge is 0.0468 e. The van der Waals surface area contributed by atoms with E-state index in [-0.39, 0.29) is 16.2 Å². The fraction of sp³-hybridized carbons (Fsp3) is 0.143. The van der Waals surface area contributed by atoms with Gasteiger partial charge in [-0.05, 0) is 137 Å². The minimum Gasteiger partial charge on any atom is -0.310 e. The van der Waals surface area contributed by atoms with Crippen molar-refractivity contribution in [2.75, 3.05) is 4.90 Å². The predicted octanol–water partition coefficient (Wildman–Crippen LogP) is 17.1.